The number of nitrogens with zero attached hydrogens (tertiary/aromatic N) is 2. The van der Waals surface area contributed by atoms with Gasteiger partial charge in [0.2, 0.25) is 5.78 Å². The molecular weight excluding hydrogens is 435 g/mol. The van der Waals surface area contributed by atoms with Crippen LogP contribution in [0.25, 0.3) is 17.0 Å². The van der Waals surface area contributed by atoms with E-state index in [-0.39, 0.29) is 18.2 Å². The second-order valence-corrected chi connectivity index (χ2v) is 8.53. The van der Waals surface area contributed by atoms with Gasteiger partial charge in [-0.3, -0.25) is 4.79 Å². The smallest absolute Gasteiger partial charge is 0.210 e. The number of hydrogen-bond donors (Lipinski definition) is 0. The van der Waals surface area contributed by atoms with E-state index in [4.69, 9.17) is 14.2 Å². The van der Waals surface area contributed by atoms with Crippen LogP contribution in [-0.4, -0.2) is 27.9 Å². The summed E-state index contributed by atoms with van der Waals surface area (Å²) < 4.78 is 32.2. The molecule has 0 amide bonds. The number of ketones is 1. The van der Waals surface area contributed by atoms with Gasteiger partial charge in [-0.1, -0.05) is 12.1 Å². The molecule has 4 aromatic rings. The number of fused-ring (bicyclic) bond motifs is 1. The summed E-state index contributed by atoms with van der Waals surface area (Å²) in [5.41, 5.74) is 2.46. The molecule has 1 aliphatic rings. The molecule has 172 valence electrons. The van der Waals surface area contributed by atoms with Crippen molar-refractivity contribution in [3.63, 3.8) is 0 Å². The molecule has 0 saturated heterocycles. The van der Waals surface area contributed by atoms with E-state index >= 15 is 0 Å². The Hall–Kier alpha value is -4.13. The fourth-order valence-electron chi connectivity index (χ4n) is 3.93. The number of methoxy groups -OCH3 is 1. The standard InChI is InChI=1S/C27H23FN2O4/c1-27(2)26(31)24(25(34-27)18-6-9-21(32-3)10-7-18)17-4-11-22(12-5-17)33-16-20-15-30-14-19(28)8-13-23(30)29-20/h4-15H,16H2,1-3H3. The van der Waals surface area contributed by atoms with Gasteiger partial charge in [0, 0.05) is 18.0 Å². The highest BCUT2D eigenvalue weighted by Crippen LogP contribution is 2.41. The van der Waals surface area contributed by atoms with Crippen LogP contribution in [0.3, 0.4) is 0 Å². The zero-order chi connectivity index (χ0) is 23.9. The van der Waals surface area contributed by atoms with Crippen LogP contribution in [0.15, 0.2) is 73.1 Å². The van der Waals surface area contributed by atoms with Crippen molar-refractivity contribution in [3.05, 3.63) is 95.7 Å². The highest BCUT2D eigenvalue weighted by molar-refractivity contribution is 6.32. The van der Waals surface area contributed by atoms with Gasteiger partial charge in [-0.05, 0) is 67.9 Å². The summed E-state index contributed by atoms with van der Waals surface area (Å²) in [6.45, 7) is 3.77. The Labute approximate surface area is 196 Å². The van der Waals surface area contributed by atoms with Crippen molar-refractivity contribution in [2.75, 3.05) is 7.11 Å². The molecule has 3 heterocycles. The maximum atomic E-state index is 13.4. The second kappa shape index (κ2) is 8.33. The minimum absolute atomic E-state index is 0.0797. The zero-order valence-electron chi connectivity index (χ0n) is 19.0. The Bertz CT molecular complexity index is 1400. The Kier molecular flexibility index (Phi) is 5.32. The summed E-state index contributed by atoms with van der Waals surface area (Å²) in [6, 6.07) is 17.7. The van der Waals surface area contributed by atoms with Gasteiger partial charge in [-0.15, -0.1) is 0 Å². The van der Waals surface area contributed by atoms with Gasteiger partial charge < -0.3 is 18.6 Å². The number of rotatable bonds is 6. The highest BCUT2D eigenvalue weighted by atomic mass is 19.1. The van der Waals surface area contributed by atoms with Gasteiger partial charge in [0.15, 0.2) is 5.60 Å². The van der Waals surface area contributed by atoms with Crippen LogP contribution in [-0.2, 0) is 16.1 Å². The lowest BCUT2D eigenvalue weighted by atomic mass is 9.92. The van der Waals surface area contributed by atoms with Gasteiger partial charge in [-0.2, -0.15) is 0 Å². The molecule has 0 radical (unpaired) electrons. The van der Waals surface area contributed by atoms with Crippen molar-refractivity contribution in [2.24, 2.45) is 0 Å². The molecule has 0 saturated carbocycles. The van der Waals surface area contributed by atoms with Crippen LogP contribution in [0.4, 0.5) is 4.39 Å². The van der Waals surface area contributed by atoms with Crippen molar-refractivity contribution in [3.8, 4) is 11.5 Å². The Balaban J connectivity index is 1.39. The van der Waals surface area contributed by atoms with Crippen LogP contribution >= 0.6 is 0 Å². The number of carbonyl (C=O) groups excluding carboxylic acids is 1. The third-order valence-corrected chi connectivity index (χ3v) is 5.70. The van der Waals surface area contributed by atoms with Gasteiger partial charge in [0.1, 0.15) is 35.3 Å². The van der Waals surface area contributed by atoms with E-state index in [0.29, 0.717) is 28.4 Å². The van der Waals surface area contributed by atoms with E-state index in [1.165, 1.54) is 12.3 Å². The lowest BCUT2D eigenvalue weighted by Gasteiger charge is -2.17. The van der Waals surface area contributed by atoms with Crippen molar-refractivity contribution >= 4 is 22.8 Å². The number of aromatic nitrogens is 2. The summed E-state index contributed by atoms with van der Waals surface area (Å²) in [5, 5.41) is 0. The number of pyridine rings is 1. The van der Waals surface area contributed by atoms with Gasteiger partial charge in [-0.25, -0.2) is 9.37 Å². The van der Waals surface area contributed by atoms with Crippen molar-refractivity contribution < 1.29 is 23.4 Å². The fourth-order valence-corrected chi connectivity index (χ4v) is 3.93. The van der Waals surface area contributed by atoms with E-state index in [9.17, 15) is 9.18 Å². The molecule has 0 N–H and O–H groups in total. The average molecular weight is 458 g/mol. The summed E-state index contributed by atoms with van der Waals surface area (Å²) in [5.74, 6) is 1.49. The van der Waals surface area contributed by atoms with E-state index in [1.54, 1.807) is 37.6 Å². The molecular formula is C27H23FN2O4. The Morgan fingerprint density at radius 1 is 0.941 bits per heavy atom. The molecule has 1 aliphatic heterocycles. The van der Waals surface area contributed by atoms with Crippen LogP contribution in [0, 0.1) is 5.82 Å². The first kappa shape index (κ1) is 21.7. The number of ether oxygens (including phenoxy) is 3. The minimum Gasteiger partial charge on any atom is -0.497 e. The number of halogens is 1. The molecule has 2 aromatic carbocycles. The predicted octanol–water partition coefficient (Wildman–Crippen LogP) is 5.31. The van der Waals surface area contributed by atoms with E-state index < -0.39 is 5.60 Å². The molecule has 0 unspecified atom stereocenters. The molecule has 6 nitrogen and oxygen atoms in total. The fraction of sp³-hybridized carbons (Fsp3) is 0.185. The SMILES string of the molecule is COc1ccc(C2=C(c3ccc(OCc4cn5cc(F)ccc5n4)cc3)C(=O)C(C)(C)O2)cc1. The Morgan fingerprint density at radius 2 is 1.62 bits per heavy atom. The molecule has 0 bridgehead atoms. The summed E-state index contributed by atoms with van der Waals surface area (Å²) in [4.78, 5) is 17.6. The third kappa shape index (κ3) is 4.01. The summed E-state index contributed by atoms with van der Waals surface area (Å²) >= 11 is 0. The largest absolute Gasteiger partial charge is 0.497 e. The quantitative estimate of drug-likeness (QED) is 0.392. The van der Waals surface area contributed by atoms with Crippen molar-refractivity contribution in [1.82, 2.24) is 9.38 Å². The number of carbonyl (C=O) groups is 1. The number of hydrogen-bond acceptors (Lipinski definition) is 5. The first-order valence-corrected chi connectivity index (χ1v) is 10.8. The van der Waals surface area contributed by atoms with E-state index in [0.717, 1.165) is 16.9 Å². The molecule has 0 spiro atoms. The summed E-state index contributed by atoms with van der Waals surface area (Å²) in [6.07, 6.45) is 3.10. The molecule has 34 heavy (non-hydrogen) atoms. The van der Waals surface area contributed by atoms with Crippen LogP contribution in [0.5, 0.6) is 11.5 Å². The van der Waals surface area contributed by atoms with E-state index in [1.807, 2.05) is 48.5 Å². The lowest BCUT2D eigenvalue weighted by molar-refractivity contribution is -0.125. The van der Waals surface area contributed by atoms with Crippen LogP contribution in [0.2, 0.25) is 0 Å². The van der Waals surface area contributed by atoms with Crippen molar-refractivity contribution in [2.45, 2.75) is 26.1 Å². The monoisotopic (exact) mass is 458 g/mol. The number of benzene rings is 2. The molecule has 2 aromatic heterocycles. The predicted molar refractivity (Wildman–Crippen MR) is 126 cm³/mol. The highest BCUT2D eigenvalue weighted by Gasteiger charge is 2.42. The van der Waals surface area contributed by atoms with Gasteiger partial charge in [0.25, 0.3) is 0 Å². The normalized spacial score (nSPS) is 15.0. The zero-order valence-corrected chi connectivity index (χ0v) is 19.0. The maximum Gasteiger partial charge on any atom is 0.210 e. The molecule has 7 heteroatoms. The molecule has 0 fully saturated rings. The van der Waals surface area contributed by atoms with Gasteiger partial charge >= 0.3 is 0 Å². The molecule has 0 atom stereocenters. The summed E-state index contributed by atoms with van der Waals surface area (Å²) in [7, 11) is 1.61. The van der Waals surface area contributed by atoms with Gasteiger partial charge in [0.05, 0.1) is 18.4 Å². The number of Topliss-reactive ketones (excluding diaryl/α,β-unsaturated/α-hetero) is 1. The molecule has 0 aliphatic carbocycles. The Morgan fingerprint density at radius 3 is 2.32 bits per heavy atom. The average Bonchev–Trinajstić information content (AvgIpc) is 3.35. The van der Waals surface area contributed by atoms with E-state index in [2.05, 4.69) is 4.98 Å². The minimum atomic E-state index is -0.956. The maximum absolute atomic E-state index is 13.4. The van der Waals surface area contributed by atoms with Crippen molar-refractivity contribution in [1.29, 1.82) is 0 Å². The second-order valence-electron chi connectivity index (χ2n) is 8.53. The first-order valence-electron chi connectivity index (χ1n) is 10.8. The lowest BCUT2D eigenvalue weighted by Crippen LogP contribution is -2.29. The van der Waals surface area contributed by atoms with Crippen LogP contribution in [0.1, 0.15) is 30.7 Å². The first-order chi connectivity index (χ1) is 16.3. The molecule has 5 rings (SSSR count). The number of imidazole rings is 1. The third-order valence-electron chi connectivity index (χ3n) is 5.70. The van der Waals surface area contributed by atoms with Crippen LogP contribution < -0.4 is 9.47 Å². The topological polar surface area (TPSA) is 62.1 Å².